The van der Waals surface area contributed by atoms with Crippen LogP contribution < -0.4 is 10.2 Å². The summed E-state index contributed by atoms with van der Waals surface area (Å²) in [6.45, 7) is 2.64. The first-order valence-electron chi connectivity index (χ1n) is 8.35. The number of benzene rings is 2. The molecule has 4 nitrogen and oxygen atoms in total. The average Bonchev–Trinajstić information content (AvgIpc) is 2.97. The van der Waals surface area contributed by atoms with Crippen molar-refractivity contribution in [2.24, 2.45) is 0 Å². The fourth-order valence-corrected chi connectivity index (χ4v) is 3.16. The van der Waals surface area contributed by atoms with E-state index in [-0.39, 0.29) is 11.8 Å². The van der Waals surface area contributed by atoms with Crippen molar-refractivity contribution in [1.29, 1.82) is 0 Å². The van der Waals surface area contributed by atoms with Gasteiger partial charge in [0, 0.05) is 18.7 Å². The van der Waals surface area contributed by atoms with Gasteiger partial charge in [0.05, 0.1) is 0 Å². The van der Waals surface area contributed by atoms with Gasteiger partial charge in [0.2, 0.25) is 11.8 Å². The van der Waals surface area contributed by atoms with Crippen molar-refractivity contribution in [3.05, 3.63) is 65.7 Å². The van der Waals surface area contributed by atoms with Crippen LogP contribution in [0.5, 0.6) is 0 Å². The number of carbonyl (C=O) groups excluding carboxylic acids is 2. The number of aryl methyl sites for hydroxylation is 1. The number of hydrogen-bond acceptors (Lipinski definition) is 2. The van der Waals surface area contributed by atoms with Crippen molar-refractivity contribution in [3.63, 3.8) is 0 Å². The second-order valence-electron chi connectivity index (χ2n) is 6.18. The van der Waals surface area contributed by atoms with Gasteiger partial charge < -0.3 is 5.32 Å². The lowest BCUT2D eigenvalue weighted by Gasteiger charge is -2.24. The third-order valence-electron chi connectivity index (χ3n) is 4.34. The van der Waals surface area contributed by atoms with Crippen molar-refractivity contribution in [1.82, 2.24) is 5.32 Å². The van der Waals surface area contributed by atoms with Crippen LogP contribution in [0.25, 0.3) is 0 Å². The van der Waals surface area contributed by atoms with E-state index in [9.17, 15) is 9.59 Å². The highest BCUT2D eigenvalue weighted by Crippen LogP contribution is 2.26. The van der Waals surface area contributed by atoms with E-state index in [4.69, 9.17) is 0 Å². The highest BCUT2D eigenvalue weighted by atomic mass is 16.2. The number of rotatable bonds is 5. The molecule has 1 heterocycles. The molecule has 4 heteroatoms. The summed E-state index contributed by atoms with van der Waals surface area (Å²) in [5.41, 5.74) is 3.21. The normalized spacial score (nSPS) is 17.1. The molecule has 0 bridgehead atoms. The Bertz CT molecular complexity index is 727. The number of nitrogens with zero attached hydrogens (tertiary/aromatic N) is 1. The highest BCUT2D eigenvalue weighted by molar-refractivity contribution is 6.03. The van der Waals surface area contributed by atoms with Crippen molar-refractivity contribution < 1.29 is 9.59 Å². The van der Waals surface area contributed by atoms with E-state index in [1.807, 2.05) is 36.4 Å². The summed E-state index contributed by atoms with van der Waals surface area (Å²) < 4.78 is 0. The Morgan fingerprint density at radius 1 is 1.17 bits per heavy atom. The largest absolute Gasteiger partial charge is 0.354 e. The lowest BCUT2D eigenvalue weighted by molar-refractivity contribution is -0.123. The van der Waals surface area contributed by atoms with Crippen LogP contribution in [0.15, 0.2) is 54.6 Å². The van der Waals surface area contributed by atoms with E-state index in [1.54, 1.807) is 4.90 Å². The maximum atomic E-state index is 12.5. The van der Waals surface area contributed by atoms with E-state index in [0.29, 0.717) is 19.4 Å². The Kier molecular flexibility index (Phi) is 4.94. The molecule has 0 aliphatic carbocycles. The maximum Gasteiger partial charge on any atom is 0.243 e. The predicted molar refractivity (Wildman–Crippen MR) is 94.8 cm³/mol. The predicted octanol–water partition coefficient (Wildman–Crippen LogP) is 2.85. The summed E-state index contributed by atoms with van der Waals surface area (Å²) in [6, 6.07) is 17.3. The zero-order valence-electron chi connectivity index (χ0n) is 13.9. The van der Waals surface area contributed by atoms with Gasteiger partial charge in [-0.3, -0.25) is 14.5 Å². The van der Waals surface area contributed by atoms with Gasteiger partial charge in [0.1, 0.15) is 6.04 Å². The van der Waals surface area contributed by atoms with E-state index in [1.165, 1.54) is 11.1 Å². The summed E-state index contributed by atoms with van der Waals surface area (Å²) in [7, 11) is 0. The molecule has 2 aromatic carbocycles. The second-order valence-corrected chi connectivity index (χ2v) is 6.18. The summed E-state index contributed by atoms with van der Waals surface area (Å²) in [5, 5.41) is 2.98. The second kappa shape index (κ2) is 7.30. The summed E-state index contributed by atoms with van der Waals surface area (Å²) in [4.78, 5) is 26.3. The number of amides is 2. The van der Waals surface area contributed by atoms with Crippen LogP contribution >= 0.6 is 0 Å². The fraction of sp³-hybridized carbons (Fsp3) is 0.300. The summed E-state index contributed by atoms with van der Waals surface area (Å²) in [6.07, 6.45) is 1.79. The first-order chi connectivity index (χ1) is 11.6. The quantitative estimate of drug-likeness (QED) is 0.920. The minimum absolute atomic E-state index is 0.0139. The Hall–Kier alpha value is -2.62. The van der Waals surface area contributed by atoms with Crippen LogP contribution in [-0.4, -0.2) is 24.4 Å². The third kappa shape index (κ3) is 3.65. The Morgan fingerprint density at radius 3 is 2.71 bits per heavy atom. The van der Waals surface area contributed by atoms with Crippen molar-refractivity contribution in [2.75, 3.05) is 11.4 Å². The molecule has 24 heavy (non-hydrogen) atoms. The van der Waals surface area contributed by atoms with Gasteiger partial charge in [-0.15, -0.1) is 0 Å². The molecule has 0 aromatic heterocycles. The molecule has 1 atom stereocenters. The molecule has 0 radical (unpaired) electrons. The van der Waals surface area contributed by atoms with Gasteiger partial charge in [-0.1, -0.05) is 48.0 Å². The van der Waals surface area contributed by atoms with Crippen molar-refractivity contribution in [2.45, 2.75) is 32.2 Å². The Labute approximate surface area is 142 Å². The fourth-order valence-electron chi connectivity index (χ4n) is 3.16. The molecule has 1 fully saturated rings. The van der Waals surface area contributed by atoms with Gasteiger partial charge in [-0.2, -0.15) is 0 Å². The lowest BCUT2D eigenvalue weighted by Crippen LogP contribution is -2.45. The minimum atomic E-state index is -0.405. The molecule has 1 saturated heterocycles. The van der Waals surface area contributed by atoms with Crippen LogP contribution in [0.3, 0.4) is 0 Å². The van der Waals surface area contributed by atoms with Crippen LogP contribution in [-0.2, 0) is 16.0 Å². The van der Waals surface area contributed by atoms with E-state index in [2.05, 4.69) is 30.4 Å². The molecule has 1 aliphatic rings. The average molecular weight is 322 g/mol. The zero-order valence-corrected chi connectivity index (χ0v) is 13.9. The molecular weight excluding hydrogens is 300 g/mol. The number of carbonyl (C=O) groups is 2. The minimum Gasteiger partial charge on any atom is -0.354 e. The third-order valence-corrected chi connectivity index (χ3v) is 4.34. The van der Waals surface area contributed by atoms with Gasteiger partial charge in [0.15, 0.2) is 0 Å². The molecular formula is C20H22N2O2. The Balaban J connectivity index is 1.60. The topological polar surface area (TPSA) is 49.4 Å². The zero-order chi connectivity index (χ0) is 16.9. The van der Waals surface area contributed by atoms with Crippen LogP contribution in [0.2, 0.25) is 0 Å². The highest BCUT2D eigenvalue weighted by Gasteiger charge is 2.36. The molecule has 124 valence electrons. The molecule has 0 spiro atoms. The molecule has 1 N–H and O–H groups in total. The van der Waals surface area contributed by atoms with E-state index in [0.717, 1.165) is 12.1 Å². The molecule has 3 rings (SSSR count). The molecule has 1 aliphatic heterocycles. The van der Waals surface area contributed by atoms with Gasteiger partial charge in [-0.05, 0) is 37.5 Å². The maximum absolute atomic E-state index is 12.5. The first kappa shape index (κ1) is 16.2. The Morgan fingerprint density at radius 2 is 1.96 bits per heavy atom. The van der Waals surface area contributed by atoms with Crippen LogP contribution in [0.1, 0.15) is 24.0 Å². The first-order valence-corrected chi connectivity index (χ1v) is 8.35. The summed E-state index contributed by atoms with van der Waals surface area (Å²) >= 11 is 0. The number of para-hydroxylation sites is 1. The SMILES string of the molecule is Cc1cccc(CCNC(=O)C2CCC(=O)N2c2ccccc2)c1. The standard InChI is InChI=1S/C20H22N2O2/c1-15-6-5-7-16(14-15)12-13-21-20(24)18-10-11-19(23)22(18)17-8-3-2-4-9-17/h2-9,14,18H,10-13H2,1H3,(H,21,24). The van der Waals surface area contributed by atoms with Gasteiger partial charge >= 0.3 is 0 Å². The van der Waals surface area contributed by atoms with Crippen molar-refractivity contribution >= 4 is 17.5 Å². The van der Waals surface area contributed by atoms with Crippen molar-refractivity contribution in [3.8, 4) is 0 Å². The summed E-state index contributed by atoms with van der Waals surface area (Å²) in [5.74, 6) is -0.0580. The van der Waals surface area contributed by atoms with Crippen LogP contribution in [0.4, 0.5) is 5.69 Å². The molecule has 2 amide bonds. The van der Waals surface area contributed by atoms with Gasteiger partial charge in [0.25, 0.3) is 0 Å². The van der Waals surface area contributed by atoms with E-state index >= 15 is 0 Å². The van der Waals surface area contributed by atoms with E-state index < -0.39 is 6.04 Å². The number of anilines is 1. The molecule has 1 unspecified atom stereocenters. The lowest BCUT2D eigenvalue weighted by atomic mass is 10.1. The van der Waals surface area contributed by atoms with Crippen LogP contribution in [0, 0.1) is 6.92 Å². The number of nitrogens with one attached hydrogen (secondary N) is 1. The number of hydrogen-bond donors (Lipinski definition) is 1. The smallest absolute Gasteiger partial charge is 0.243 e. The molecule has 2 aromatic rings. The van der Waals surface area contributed by atoms with Gasteiger partial charge in [-0.25, -0.2) is 0 Å². The molecule has 0 saturated carbocycles. The monoisotopic (exact) mass is 322 g/mol.